The fourth-order valence-electron chi connectivity index (χ4n) is 1.21. The minimum Gasteiger partial charge on any atom is -0.508 e. The molecular formula is C10H10N2OS. The van der Waals surface area contributed by atoms with Crippen LogP contribution in [0.25, 0.3) is 0 Å². The molecule has 0 aliphatic carbocycles. The first-order valence-electron chi connectivity index (χ1n) is 4.21. The van der Waals surface area contributed by atoms with Crippen molar-refractivity contribution in [2.45, 2.75) is 6.04 Å². The Morgan fingerprint density at radius 1 is 1.29 bits per heavy atom. The van der Waals surface area contributed by atoms with Crippen LogP contribution < -0.4 is 5.73 Å². The van der Waals surface area contributed by atoms with Crippen LogP contribution in [0.3, 0.4) is 0 Å². The third kappa shape index (κ3) is 1.76. The van der Waals surface area contributed by atoms with Gasteiger partial charge in [0.05, 0.1) is 6.04 Å². The number of hydrogen-bond acceptors (Lipinski definition) is 4. The van der Waals surface area contributed by atoms with Crippen LogP contribution in [0, 0.1) is 0 Å². The van der Waals surface area contributed by atoms with Crippen molar-refractivity contribution in [1.29, 1.82) is 0 Å². The number of phenols is 1. The Morgan fingerprint density at radius 3 is 2.57 bits per heavy atom. The molecule has 14 heavy (non-hydrogen) atoms. The lowest BCUT2D eigenvalue weighted by Crippen LogP contribution is -2.10. The zero-order valence-electron chi connectivity index (χ0n) is 7.42. The number of aromatic nitrogens is 1. The second-order valence-corrected chi connectivity index (χ2v) is 3.87. The summed E-state index contributed by atoms with van der Waals surface area (Å²) in [7, 11) is 0. The third-order valence-corrected chi connectivity index (χ3v) is 2.83. The van der Waals surface area contributed by atoms with Crippen molar-refractivity contribution in [3.8, 4) is 5.75 Å². The van der Waals surface area contributed by atoms with Crippen molar-refractivity contribution in [3.63, 3.8) is 0 Å². The fourth-order valence-corrected chi connectivity index (χ4v) is 1.88. The molecule has 1 unspecified atom stereocenters. The minimum absolute atomic E-state index is 0.199. The van der Waals surface area contributed by atoms with E-state index in [-0.39, 0.29) is 11.8 Å². The van der Waals surface area contributed by atoms with E-state index < -0.39 is 0 Å². The van der Waals surface area contributed by atoms with Gasteiger partial charge in [-0.25, -0.2) is 4.98 Å². The highest BCUT2D eigenvalue weighted by molar-refractivity contribution is 7.09. The van der Waals surface area contributed by atoms with Crippen LogP contribution in [0.5, 0.6) is 5.75 Å². The van der Waals surface area contributed by atoms with E-state index in [1.807, 2.05) is 5.38 Å². The van der Waals surface area contributed by atoms with Crippen molar-refractivity contribution in [2.24, 2.45) is 5.73 Å². The van der Waals surface area contributed by atoms with Gasteiger partial charge >= 0.3 is 0 Å². The molecule has 0 aliphatic rings. The van der Waals surface area contributed by atoms with Crippen LogP contribution in [0.15, 0.2) is 35.8 Å². The molecule has 0 aliphatic heterocycles. The Balaban J connectivity index is 2.28. The van der Waals surface area contributed by atoms with Crippen molar-refractivity contribution < 1.29 is 5.11 Å². The Morgan fingerprint density at radius 2 is 2.00 bits per heavy atom. The van der Waals surface area contributed by atoms with Crippen LogP contribution in [-0.4, -0.2) is 10.1 Å². The van der Waals surface area contributed by atoms with Gasteiger partial charge in [0.1, 0.15) is 10.8 Å². The van der Waals surface area contributed by atoms with Crippen molar-refractivity contribution in [2.75, 3.05) is 0 Å². The lowest BCUT2D eigenvalue weighted by molar-refractivity contribution is 0.475. The molecule has 0 radical (unpaired) electrons. The lowest BCUT2D eigenvalue weighted by Gasteiger charge is -2.08. The molecule has 3 nitrogen and oxygen atoms in total. The minimum atomic E-state index is -0.199. The predicted octanol–water partition coefficient (Wildman–Crippen LogP) is 1.90. The number of nitrogens with two attached hydrogens (primary N) is 1. The molecule has 72 valence electrons. The molecule has 0 saturated carbocycles. The second-order valence-electron chi connectivity index (χ2n) is 2.94. The van der Waals surface area contributed by atoms with E-state index in [1.165, 1.54) is 11.3 Å². The van der Waals surface area contributed by atoms with Gasteiger partial charge in [0.25, 0.3) is 0 Å². The highest BCUT2D eigenvalue weighted by Crippen LogP contribution is 2.22. The molecule has 1 aromatic heterocycles. The van der Waals surface area contributed by atoms with E-state index in [2.05, 4.69) is 4.98 Å². The summed E-state index contributed by atoms with van der Waals surface area (Å²) in [6.07, 6.45) is 1.74. The number of nitrogens with zero attached hydrogens (tertiary/aromatic N) is 1. The summed E-state index contributed by atoms with van der Waals surface area (Å²) >= 11 is 1.53. The van der Waals surface area contributed by atoms with Crippen LogP contribution in [0.1, 0.15) is 16.6 Å². The highest BCUT2D eigenvalue weighted by atomic mass is 32.1. The summed E-state index contributed by atoms with van der Waals surface area (Å²) in [5.41, 5.74) is 6.93. The topological polar surface area (TPSA) is 59.1 Å². The van der Waals surface area contributed by atoms with Gasteiger partial charge < -0.3 is 10.8 Å². The standard InChI is InChI=1S/C10H10N2OS/c11-9(10-12-5-6-14-10)7-1-3-8(13)4-2-7/h1-6,9,13H,11H2. The van der Waals surface area contributed by atoms with E-state index in [0.717, 1.165) is 10.6 Å². The maximum atomic E-state index is 9.12. The van der Waals surface area contributed by atoms with Crippen LogP contribution in [0.4, 0.5) is 0 Å². The number of phenolic OH excluding ortho intramolecular Hbond substituents is 1. The van der Waals surface area contributed by atoms with E-state index in [4.69, 9.17) is 10.8 Å². The highest BCUT2D eigenvalue weighted by Gasteiger charge is 2.10. The summed E-state index contributed by atoms with van der Waals surface area (Å²) in [6.45, 7) is 0. The van der Waals surface area contributed by atoms with Gasteiger partial charge in [-0.05, 0) is 17.7 Å². The number of benzene rings is 1. The van der Waals surface area contributed by atoms with Gasteiger partial charge in [-0.3, -0.25) is 0 Å². The average Bonchev–Trinajstić information content (AvgIpc) is 2.71. The smallest absolute Gasteiger partial charge is 0.115 e. The molecule has 0 saturated heterocycles. The first kappa shape index (κ1) is 9.18. The predicted molar refractivity (Wildman–Crippen MR) is 56.3 cm³/mol. The Labute approximate surface area is 85.8 Å². The number of thiazole rings is 1. The first-order chi connectivity index (χ1) is 6.77. The quantitative estimate of drug-likeness (QED) is 0.789. The molecule has 4 heteroatoms. The Hall–Kier alpha value is -1.39. The van der Waals surface area contributed by atoms with E-state index in [9.17, 15) is 0 Å². The van der Waals surface area contributed by atoms with E-state index >= 15 is 0 Å². The van der Waals surface area contributed by atoms with E-state index in [0.29, 0.717) is 0 Å². The van der Waals surface area contributed by atoms with Gasteiger partial charge in [-0.15, -0.1) is 11.3 Å². The zero-order chi connectivity index (χ0) is 9.97. The van der Waals surface area contributed by atoms with Gasteiger partial charge in [-0.2, -0.15) is 0 Å². The molecule has 1 heterocycles. The SMILES string of the molecule is NC(c1ccc(O)cc1)c1nccs1. The molecule has 0 fully saturated rings. The monoisotopic (exact) mass is 206 g/mol. The normalized spacial score (nSPS) is 12.6. The van der Waals surface area contributed by atoms with E-state index in [1.54, 1.807) is 30.5 Å². The molecule has 0 spiro atoms. The first-order valence-corrected chi connectivity index (χ1v) is 5.09. The molecule has 2 rings (SSSR count). The van der Waals surface area contributed by atoms with Crippen molar-refractivity contribution in [1.82, 2.24) is 4.98 Å². The Bertz CT molecular complexity index is 397. The second kappa shape index (κ2) is 3.77. The summed E-state index contributed by atoms with van der Waals surface area (Å²) in [5.74, 6) is 0.250. The maximum Gasteiger partial charge on any atom is 0.115 e. The molecule has 1 aromatic carbocycles. The van der Waals surface area contributed by atoms with Gasteiger partial charge in [0.2, 0.25) is 0 Å². The lowest BCUT2D eigenvalue weighted by atomic mass is 10.1. The summed E-state index contributed by atoms with van der Waals surface area (Å²) in [4.78, 5) is 4.15. The van der Waals surface area contributed by atoms with Crippen molar-refractivity contribution in [3.05, 3.63) is 46.4 Å². The number of rotatable bonds is 2. The molecule has 1 atom stereocenters. The molecule has 2 aromatic rings. The number of hydrogen-bond donors (Lipinski definition) is 2. The molecular weight excluding hydrogens is 196 g/mol. The van der Waals surface area contributed by atoms with Crippen LogP contribution in [-0.2, 0) is 0 Å². The van der Waals surface area contributed by atoms with Gasteiger partial charge in [0.15, 0.2) is 0 Å². The largest absolute Gasteiger partial charge is 0.508 e. The molecule has 3 N–H and O–H groups in total. The van der Waals surface area contributed by atoms with Crippen LogP contribution >= 0.6 is 11.3 Å². The molecule has 0 amide bonds. The zero-order valence-corrected chi connectivity index (χ0v) is 8.24. The molecule has 0 bridgehead atoms. The van der Waals surface area contributed by atoms with Gasteiger partial charge in [-0.1, -0.05) is 12.1 Å². The average molecular weight is 206 g/mol. The maximum absolute atomic E-state index is 9.12. The van der Waals surface area contributed by atoms with Gasteiger partial charge in [0, 0.05) is 11.6 Å². The summed E-state index contributed by atoms with van der Waals surface area (Å²) in [5, 5.41) is 11.9. The summed E-state index contributed by atoms with van der Waals surface area (Å²) < 4.78 is 0. The Kier molecular flexibility index (Phi) is 2.47. The summed E-state index contributed by atoms with van der Waals surface area (Å²) in [6, 6.07) is 6.67. The third-order valence-electron chi connectivity index (χ3n) is 1.97. The fraction of sp³-hybridized carbons (Fsp3) is 0.100. The van der Waals surface area contributed by atoms with Crippen LogP contribution in [0.2, 0.25) is 0 Å². The number of aromatic hydroxyl groups is 1. The van der Waals surface area contributed by atoms with Crippen molar-refractivity contribution >= 4 is 11.3 Å².